The van der Waals surface area contributed by atoms with Gasteiger partial charge in [-0.1, -0.05) is 25.9 Å². The summed E-state index contributed by atoms with van der Waals surface area (Å²) >= 11 is 0. The summed E-state index contributed by atoms with van der Waals surface area (Å²) in [5, 5.41) is 15.1. The van der Waals surface area contributed by atoms with Crippen LogP contribution in [-0.4, -0.2) is 31.4 Å². The van der Waals surface area contributed by atoms with Gasteiger partial charge in [0, 0.05) is 41.6 Å². The zero-order valence-electron chi connectivity index (χ0n) is 17.8. The number of carbonyl (C=O) groups excluding carboxylic acids is 1. The molecule has 170 valence electrons. The van der Waals surface area contributed by atoms with Gasteiger partial charge in [-0.25, -0.2) is 18.6 Å². The lowest BCUT2D eigenvalue weighted by Crippen LogP contribution is -2.20. The van der Waals surface area contributed by atoms with Crippen molar-refractivity contribution in [2.45, 2.75) is 26.2 Å². The van der Waals surface area contributed by atoms with Gasteiger partial charge in [0.2, 0.25) is 5.88 Å². The summed E-state index contributed by atoms with van der Waals surface area (Å²) in [4.78, 5) is 20.4. The molecule has 0 unspecified atom stereocenters. The number of ether oxygens (including phenoxy) is 1. The van der Waals surface area contributed by atoms with E-state index in [1.807, 2.05) is 20.8 Å². The monoisotopic (exact) mass is 455 g/mol. The molecule has 0 aliphatic rings. The van der Waals surface area contributed by atoms with E-state index in [4.69, 9.17) is 9.26 Å². The summed E-state index contributed by atoms with van der Waals surface area (Å²) in [7, 11) is 0. The van der Waals surface area contributed by atoms with Crippen LogP contribution in [0, 0.1) is 11.6 Å². The fourth-order valence-corrected chi connectivity index (χ4v) is 2.70. The molecule has 4 rings (SSSR count). The van der Waals surface area contributed by atoms with E-state index in [0.29, 0.717) is 23.0 Å². The molecule has 2 amide bonds. The number of anilines is 2. The van der Waals surface area contributed by atoms with Crippen LogP contribution in [0.15, 0.2) is 47.4 Å². The molecule has 0 aliphatic heterocycles. The molecule has 0 saturated carbocycles. The summed E-state index contributed by atoms with van der Waals surface area (Å²) in [6.07, 6.45) is 4.58. The number of aromatic nitrogens is 5. The number of nitrogens with zero attached hydrogens (tertiary/aromatic N) is 4. The second-order valence-corrected chi connectivity index (χ2v) is 7.98. The molecule has 33 heavy (non-hydrogen) atoms. The van der Waals surface area contributed by atoms with Gasteiger partial charge in [0.05, 0.1) is 23.3 Å². The van der Waals surface area contributed by atoms with Crippen LogP contribution in [0.3, 0.4) is 0 Å². The highest BCUT2D eigenvalue weighted by Gasteiger charge is 2.20. The first-order valence-corrected chi connectivity index (χ1v) is 9.73. The van der Waals surface area contributed by atoms with Crippen molar-refractivity contribution < 1.29 is 22.8 Å². The van der Waals surface area contributed by atoms with Crippen molar-refractivity contribution in [3.05, 3.63) is 60.2 Å². The van der Waals surface area contributed by atoms with E-state index in [-0.39, 0.29) is 28.7 Å². The summed E-state index contributed by atoms with van der Waals surface area (Å²) in [5.74, 6) is -2.32. The topological polar surface area (TPSA) is 131 Å². The number of hydrogen-bond donors (Lipinski definition) is 3. The van der Waals surface area contributed by atoms with Crippen molar-refractivity contribution >= 4 is 17.6 Å². The molecule has 0 spiro atoms. The van der Waals surface area contributed by atoms with Crippen LogP contribution in [0.2, 0.25) is 0 Å². The smallest absolute Gasteiger partial charge is 0.326 e. The lowest BCUT2D eigenvalue weighted by molar-refractivity contribution is 0.261. The summed E-state index contributed by atoms with van der Waals surface area (Å²) in [6, 6.07) is 3.74. The van der Waals surface area contributed by atoms with Crippen LogP contribution in [0.4, 0.5) is 25.1 Å². The molecular formula is C21H19F2N7O3. The fourth-order valence-electron chi connectivity index (χ4n) is 2.70. The Morgan fingerprint density at radius 2 is 1.97 bits per heavy atom. The Morgan fingerprint density at radius 3 is 2.67 bits per heavy atom. The first-order valence-electron chi connectivity index (χ1n) is 9.73. The molecule has 1 aromatic carbocycles. The van der Waals surface area contributed by atoms with Gasteiger partial charge in [-0.05, 0) is 6.07 Å². The first kappa shape index (κ1) is 21.9. The normalized spacial score (nSPS) is 11.3. The zero-order valence-corrected chi connectivity index (χ0v) is 17.8. The number of halogens is 2. The highest BCUT2D eigenvalue weighted by Crippen LogP contribution is 2.29. The molecule has 3 aromatic heterocycles. The Balaban J connectivity index is 1.50. The number of aromatic amines is 1. The number of carbonyl (C=O) groups is 1. The Morgan fingerprint density at radius 1 is 1.15 bits per heavy atom. The fraction of sp³-hybridized carbons (Fsp3) is 0.190. The predicted octanol–water partition coefficient (Wildman–Crippen LogP) is 4.87. The average molecular weight is 455 g/mol. The number of H-pyrrole nitrogens is 1. The minimum Gasteiger partial charge on any atom is -0.421 e. The molecule has 0 bridgehead atoms. The Bertz CT molecular complexity index is 1280. The Labute approximate surface area is 186 Å². The van der Waals surface area contributed by atoms with E-state index in [0.717, 1.165) is 6.07 Å². The highest BCUT2D eigenvalue weighted by molar-refractivity contribution is 5.99. The van der Waals surface area contributed by atoms with Crippen molar-refractivity contribution in [1.29, 1.82) is 0 Å². The first-order chi connectivity index (χ1) is 15.7. The third-order valence-corrected chi connectivity index (χ3v) is 4.41. The van der Waals surface area contributed by atoms with Gasteiger partial charge < -0.3 is 14.6 Å². The predicted molar refractivity (Wildman–Crippen MR) is 114 cm³/mol. The molecule has 0 atom stereocenters. The Hall–Kier alpha value is -4.35. The van der Waals surface area contributed by atoms with E-state index in [1.165, 1.54) is 6.20 Å². The van der Waals surface area contributed by atoms with E-state index in [2.05, 4.69) is 36.0 Å². The van der Waals surface area contributed by atoms with Crippen molar-refractivity contribution in [1.82, 2.24) is 25.3 Å². The molecule has 10 nitrogen and oxygen atoms in total. The van der Waals surface area contributed by atoms with E-state index >= 15 is 0 Å². The second kappa shape index (κ2) is 8.65. The van der Waals surface area contributed by atoms with Crippen LogP contribution in [0.25, 0.3) is 11.3 Å². The van der Waals surface area contributed by atoms with Crippen LogP contribution in [0.1, 0.15) is 26.5 Å². The van der Waals surface area contributed by atoms with Gasteiger partial charge in [-0.15, -0.1) is 0 Å². The van der Waals surface area contributed by atoms with Crippen LogP contribution >= 0.6 is 0 Å². The summed E-state index contributed by atoms with van der Waals surface area (Å²) in [5.41, 5.74) is 1.16. The summed E-state index contributed by atoms with van der Waals surface area (Å²) in [6.45, 7) is 5.79. The quantitative estimate of drug-likeness (QED) is 0.391. The van der Waals surface area contributed by atoms with Gasteiger partial charge in [0.15, 0.2) is 11.6 Å². The number of rotatable bonds is 5. The third kappa shape index (κ3) is 5.11. The molecule has 0 fully saturated rings. The third-order valence-electron chi connectivity index (χ3n) is 4.41. The van der Waals surface area contributed by atoms with Crippen LogP contribution < -0.4 is 15.4 Å². The second-order valence-electron chi connectivity index (χ2n) is 7.98. The number of hydrogen-bond acceptors (Lipinski definition) is 7. The van der Waals surface area contributed by atoms with Gasteiger partial charge in [-0.2, -0.15) is 10.1 Å². The van der Waals surface area contributed by atoms with E-state index < -0.39 is 17.7 Å². The molecule has 0 radical (unpaired) electrons. The molecule has 3 heterocycles. The molecule has 4 aromatic rings. The SMILES string of the molecule is CC(C)(C)c1cc(NC(=O)Nc2cc(Oc3nccc(-c4cn[nH]c4)n3)c(F)cc2F)on1. The largest absolute Gasteiger partial charge is 0.421 e. The molecule has 12 heteroatoms. The lowest BCUT2D eigenvalue weighted by Gasteiger charge is -2.12. The van der Waals surface area contributed by atoms with E-state index in [1.54, 1.807) is 24.5 Å². The van der Waals surface area contributed by atoms with Crippen LogP contribution in [0.5, 0.6) is 11.8 Å². The molecule has 0 aliphatic carbocycles. The van der Waals surface area contributed by atoms with Gasteiger partial charge >= 0.3 is 12.0 Å². The number of nitrogens with one attached hydrogen (secondary N) is 3. The van der Waals surface area contributed by atoms with Crippen LogP contribution in [-0.2, 0) is 5.41 Å². The van der Waals surface area contributed by atoms with Gasteiger partial charge in [-0.3, -0.25) is 10.4 Å². The number of amides is 2. The average Bonchev–Trinajstić information content (AvgIpc) is 3.44. The highest BCUT2D eigenvalue weighted by atomic mass is 19.1. The minimum absolute atomic E-state index is 0.0703. The maximum Gasteiger partial charge on any atom is 0.326 e. The van der Waals surface area contributed by atoms with Crippen molar-refractivity contribution in [2.24, 2.45) is 0 Å². The molecule has 3 N–H and O–H groups in total. The molecule has 0 saturated heterocycles. The summed E-state index contributed by atoms with van der Waals surface area (Å²) < 4.78 is 39.0. The number of urea groups is 1. The van der Waals surface area contributed by atoms with Gasteiger partial charge in [0.1, 0.15) is 5.82 Å². The maximum absolute atomic E-state index is 14.3. The van der Waals surface area contributed by atoms with Crippen molar-refractivity contribution in [3.8, 4) is 23.0 Å². The van der Waals surface area contributed by atoms with Crippen molar-refractivity contribution in [2.75, 3.05) is 10.6 Å². The lowest BCUT2D eigenvalue weighted by atomic mass is 9.92. The Kier molecular flexibility index (Phi) is 5.73. The zero-order chi connectivity index (χ0) is 23.6. The number of benzene rings is 1. The van der Waals surface area contributed by atoms with Gasteiger partial charge in [0.25, 0.3) is 0 Å². The van der Waals surface area contributed by atoms with Crippen molar-refractivity contribution in [3.63, 3.8) is 0 Å². The maximum atomic E-state index is 14.3. The minimum atomic E-state index is -1.00. The molecular weight excluding hydrogens is 436 g/mol. The van der Waals surface area contributed by atoms with E-state index in [9.17, 15) is 13.6 Å². The standard InChI is InChI=1S/C21H19F2N7O3/c1-21(2,3)17-8-18(33-30-17)29-19(31)27-15-7-16(13(23)6-12(15)22)32-20-24-5-4-14(28-20)11-9-25-26-10-11/h4-10H,1-3H3,(H,25,26)(H2,27,29,31).